The Kier molecular flexibility index (Phi) is 2.60. The fraction of sp³-hybridized carbons (Fsp3) is 0.765. The van der Waals surface area contributed by atoms with Gasteiger partial charge in [-0.3, -0.25) is 0 Å². The van der Waals surface area contributed by atoms with Crippen LogP contribution in [0.15, 0.2) is 10.5 Å². The van der Waals surface area contributed by atoms with Crippen molar-refractivity contribution in [2.75, 3.05) is 7.05 Å². The summed E-state index contributed by atoms with van der Waals surface area (Å²) >= 11 is 0. The lowest BCUT2D eigenvalue weighted by Crippen LogP contribution is -2.48. The van der Waals surface area contributed by atoms with E-state index < -0.39 is 0 Å². The molecule has 0 atom stereocenters. The van der Waals surface area contributed by atoms with Crippen LogP contribution in [0.5, 0.6) is 0 Å². The summed E-state index contributed by atoms with van der Waals surface area (Å²) < 4.78 is 6.21. The average Bonchev–Trinajstić information content (AvgIpc) is 2.70. The van der Waals surface area contributed by atoms with Crippen LogP contribution in [0.3, 0.4) is 0 Å². The third kappa shape index (κ3) is 1.79. The van der Waals surface area contributed by atoms with Crippen molar-refractivity contribution in [3.63, 3.8) is 0 Å². The van der Waals surface area contributed by atoms with Crippen molar-refractivity contribution in [2.45, 2.75) is 57.4 Å². The summed E-state index contributed by atoms with van der Waals surface area (Å²) in [6, 6.07) is 2.36. The van der Waals surface area contributed by atoms with Crippen LogP contribution in [0.25, 0.3) is 0 Å². The van der Waals surface area contributed by atoms with Gasteiger partial charge in [0.2, 0.25) is 0 Å². The lowest BCUT2D eigenvalue weighted by Gasteiger charge is -2.55. The Balaban J connectivity index is 1.69. The van der Waals surface area contributed by atoms with Crippen LogP contribution < -0.4 is 5.32 Å². The number of nitrogens with one attached hydrogen (secondary N) is 1. The molecular formula is C17H25NO. The zero-order valence-corrected chi connectivity index (χ0v) is 12.2. The van der Waals surface area contributed by atoms with Crippen molar-refractivity contribution in [1.82, 2.24) is 5.32 Å². The third-order valence-electron chi connectivity index (χ3n) is 5.95. The molecule has 1 aromatic heterocycles. The highest BCUT2D eigenvalue weighted by molar-refractivity contribution is 5.28. The summed E-state index contributed by atoms with van der Waals surface area (Å²) in [5.74, 6) is 5.41. The number of hydrogen-bond donors (Lipinski definition) is 1. The van der Waals surface area contributed by atoms with Crippen molar-refractivity contribution in [3.8, 4) is 0 Å². The van der Waals surface area contributed by atoms with E-state index in [1.807, 2.05) is 7.05 Å². The fourth-order valence-electron chi connectivity index (χ4n) is 5.56. The Morgan fingerprint density at radius 1 is 1.16 bits per heavy atom. The van der Waals surface area contributed by atoms with Gasteiger partial charge in [0.15, 0.2) is 0 Å². The first-order valence-electron chi connectivity index (χ1n) is 7.93. The van der Waals surface area contributed by atoms with Crippen molar-refractivity contribution in [3.05, 3.63) is 23.2 Å². The zero-order chi connectivity index (χ0) is 13.0. The molecular weight excluding hydrogens is 234 g/mol. The van der Waals surface area contributed by atoms with Gasteiger partial charge in [0.1, 0.15) is 11.5 Å². The van der Waals surface area contributed by atoms with Gasteiger partial charge >= 0.3 is 0 Å². The summed E-state index contributed by atoms with van der Waals surface area (Å²) in [7, 11) is 2.01. The molecule has 0 unspecified atom stereocenters. The predicted octanol–water partition coefficient (Wildman–Crippen LogP) is 3.78. The number of rotatable bonds is 3. The van der Waals surface area contributed by atoms with Gasteiger partial charge in [0, 0.05) is 17.5 Å². The maximum absolute atomic E-state index is 6.21. The minimum atomic E-state index is 0.408. The first kappa shape index (κ1) is 12.0. The maximum Gasteiger partial charge on any atom is 0.110 e. The topological polar surface area (TPSA) is 25.2 Å². The van der Waals surface area contributed by atoms with E-state index in [0.29, 0.717) is 5.41 Å². The SMILES string of the molecule is CNCc1cc(C23CC4CC(CC(C4)C2)C3)oc1C. The van der Waals surface area contributed by atoms with Crippen molar-refractivity contribution in [2.24, 2.45) is 17.8 Å². The number of hydrogen-bond acceptors (Lipinski definition) is 2. The molecule has 1 N–H and O–H groups in total. The van der Waals surface area contributed by atoms with Crippen LogP contribution in [-0.2, 0) is 12.0 Å². The van der Waals surface area contributed by atoms with Crippen LogP contribution >= 0.6 is 0 Å². The first-order valence-corrected chi connectivity index (χ1v) is 7.93. The largest absolute Gasteiger partial charge is 0.465 e. The predicted molar refractivity (Wildman–Crippen MR) is 76.1 cm³/mol. The molecule has 19 heavy (non-hydrogen) atoms. The van der Waals surface area contributed by atoms with Gasteiger partial charge in [-0.1, -0.05) is 0 Å². The second kappa shape index (κ2) is 4.12. The van der Waals surface area contributed by atoms with Crippen LogP contribution in [0, 0.1) is 24.7 Å². The highest BCUT2D eigenvalue weighted by Gasteiger charge is 2.53. The van der Waals surface area contributed by atoms with E-state index in [0.717, 1.165) is 30.1 Å². The minimum absolute atomic E-state index is 0.408. The summed E-state index contributed by atoms with van der Waals surface area (Å²) in [6.07, 6.45) is 8.69. The highest BCUT2D eigenvalue weighted by atomic mass is 16.3. The molecule has 4 aliphatic rings. The lowest BCUT2D eigenvalue weighted by molar-refractivity contribution is -0.0154. The van der Waals surface area contributed by atoms with Gasteiger partial charge in [-0.25, -0.2) is 0 Å². The Bertz CT molecular complexity index is 452. The molecule has 4 fully saturated rings. The van der Waals surface area contributed by atoms with E-state index in [-0.39, 0.29) is 0 Å². The molecule has 1 aromatic rings. The van der Waals surface area contributed by atoms with Crippen molar-refractivity contribution < 1.29 is 4.42 Å². The molecule has 4 saturated carbocycles. The molecule has 0 aromatic carbocycles. The van der Waals surface area contributed by atoms with E-state index in [9.17, 15) is 0 Å². The number of furan rings is 1. The molecule has 0 radical (unpaired) electrons. The van der Waals surface area contributed by atoms with Gasteiger partial charge < -0.3 is 9.73 Å². The normalized spacial score (nSPS) is 40.0. The molecule has 4 aliphatic carbocycles. The molecule has 0 spiro atoms. The second-order valence-electron chi connectivity index (χ2n) is 7.42. The van der Waals surface area contributed by atoms with E-state index in [4.69, 9.17) is 4.42 Å². The molecule has 0 aliphatic heterocycles. The Hall–Kier alpha value is -0.760. The standard InChI is InChI=1S/C17H25NO/c1-11-15(10-18-2)6-16(19-11)17-7-12-3-13(8-17)5-14(4-12)9-17/h6,12-14,18H,3-5,7-10H2,1-2H3. The zero-order valence-electron chi connectivity index (χ0n) is 12.2. The summed E-state index contributed by atoms with van der Waals surface area (Å²) in [6.45, 7) is 3.05. The molecule has 2 nitrogen and oxygen atoms in total. The molecule has 0 saturated heterocycles. The molecule has 104 valence electrons. The average molecular weight is 259 g/mol. The summed E-state index contributed by atoms with van der Waals surface area (Å²) in [5, 5.41) is 3.25. The first-order chi connectivity index (χ1) is 9.18. The minimum Gasteiger partial charge on any atom is -0.465 e. The van der Waals surface area contributed by atoms with Gasteiger partial charge in [-0.15, -0.1) is 0 Å². The summed E-state index contributed by atoms with van der Waals surface area (Å²) in [5.41, 5.74) is 1.76. The quantitative estimate of drug-likeness (QED) is 0.893. The van der Waals surface area contributed by atoms with Crippen molar-refractivity contribution in [1.29, 1.82) is 0 Å². The second-order valence-corrected chi connectivity index (χ2v) is 7.42. The lowest BCUT2D eigenvalue weighted by atomic mass is 9.49. The van der Waals surface area contributed by atoms with Crippen molar-refractivity contribution >= 4 is 0 Å². The van der Waals surface area contributed by atoms with E-state index in [1.54, 1.807) is 0 Å². The summed E-state index contributed by atoms with van der Waals surface area (Å²) in [4.78, 5) is 0. The van der Waals surface area contributed by atoms with E-state index in [2.05, 4.69) is 18.3 Å². The monoisotopic (exact) mass is 259 g/mol. The van der Waals surface area contributed by atoms with E-state index in [1.165, 1.54) is 49.8 Å². The van der Waals surface area contributed by atoms with Gasteiger partial charge in [-0.2, -0.15) is 0 Å². The molecule has 5 rings (SSSR count). The van der Waals surface area contributed by atoms with Gasteiger partial charge in [-0.05, 0) is 76.3 Å². The molecule has 0 amide bonds. The Morgan fingerprint density at radius 2 is 1.74 bits per heavy atom. The molecule has 2 heteroatoms. The van der Waals surface area contributed by atoms with Crippen LogP contribution in [-0.4, -0.2) is 7.05 Å². The Labute approximate surface area is 116 Å². The number of aryl methyl sites for hydroxylation is 1. The van der Waals surface area contributed by atoms with Crippen LogP contribution in [0.2, 0.25) is 0 Å². The maximum atomic E-state index is 6.21. The molecule has 4 bridgehead atoms. The van der Waals surface area contributed by atoms with Gasteiger partial charge in [0.25, 0.3) is 0 Å². The van der Waals surface area contributed by atoms with Crippen LogP contribution in [0.4, 0.5) is 0 Å². The third-order valence-corrected chi connectivity index (χ3v) is 5.95. The van der Waals surface area contributed by atoms with Gasteiger partial charge in [0.05, 0.1) is 0 Å². The molecule has 1 heterocycles. The fourth-order valence-corrected chi connectivity index (χ4v) is 5.56. The Morgan fingerprint density at radius 3 is 2.26 bits per heavy atom. The smallest absolute Gasteiger partial charge is 0.110 e. The van der Waals surface area contributed by atoms with Crippen LogP contribution in [0.1, 0.15) is 55.6 Å². The highest BCUT2D eigenvalue weighted by Crippen LogP contribution is 2.61. The van der Waals surface area contributed by atoms with E-state index >= 15 is 0 Å².